The molecule has 7 rings (SSSR count). The van der Waals surface area contributed by atoms with Crippen LogP contribution in [0.5, 0.6) is 0 Å². The summed E-state index contributed by atoms with van der Waals surface area (Å²) in [6, 6.07) is 24.7. The Balaban J connectivity index is 1.05. The number of para-hydroxylation sites is 2. The maximum absolute atomic E-state index is 6.06. The highest BCUT2D eigenvalue weighted by Crippen LogP contribution is 2.34. The Kier molecular flexibility index (Phi) is 5.79. The van der Waals surface area contributed by atoms with Crippen LogP contribution >= 0.6 is 22.7 Å². The maximum atomic E-state index is 6.06. The number of nitrogens with zero attached hydrogens (tertiary/aromatic N) is 4. The number of thiophene rings is 1. The Labute approximate surface area is 233 Å². The standard InChI is InChI=1S/C30H25N7S2/c1-19(33-24-9-5-4-8-23(24)31)27-10-11-29(39-27)35-30-34-25(18-38-30)26-15-32-28-14-22(12-13-37(26)28)36-16-20-6-2-3-7-21(20)17-36/h2-15,18,33H,1,16-17,31H2,(H,34,35). The number of imidazole rings is 1. The largest absolute Gasteiger partial charge is 0.397 e. The van der Waals surface area contributed by atoms with Crippen LogP contribution in [0.4, 0.5) is 27.2 Å². The molecule has 192 valence electrons. The lowest BCUT2D eigenvalue weighted by molar-refractivity contribution is 0.878. The van der Waals surface area contributed by atoms with E-state index >= 15 is 0 Å². The number of fused-ring (bicyclic) bond motifs is 2. The van der Waals surface area contributed by atoms with Gasteiger partial charge in [0.05, 0.1) is 33.1 Å². The summed E-state index contributed by atoms with van der Waals surface area (Å²) in [5.41, 5.74) is 15.1. The topological polar surface area (TPSA) is 83.5 Å². The fourth-order valence-electron chi connectivity index (χ4n) is 4.83. The minimum absolute atomic E-state index is 0.689. The molecule has 0 bridgehead atoms. The molecule has 0 amide bonds. The summed E-state index contributed by atoms with van der Waals surface area (Å²) in [5, 5.41) is 10.6. The molecule has 0 aliphatic carbocycles. The van der Waals surface area contributed by atoms with Crippen molar-refractivity contribution >= 4 is 61.2 Å². The first kappa shape index (κ1) is 23.5. The smallest absolute Gasteiger partial charge is 0.188 e. The van der Waals surface area contributed by atoms with Gasteiger partial charge in [0, 0.05) is 42.1 Å². The molecule has 0 atom stereocenters. The third kappa shape index (κ3) is 4.52. The van der Waals surface area contributed by atoms with Crippen molar-refractivity contribution in [3.8, 4) is 11.4 Å². The lowest BCUT2D eigenvalue weighted by Crippen LogP contribution is -2.14. The molecule has 6 aromatic rings. The van der Waals surface area contributed by atoms with Gasteiger partial charge in [0.15, 0.2) is 5.13 Å². The van der Waals surface area contributed by atoms with E-state index in [4.69, 9.17) is 10.7 Å². The van der Waals surface area contributed by atoms with Gasteiger partial charge in [-0.15, -0.1) is 22.7 Å². The Bertz CT molecular complexity index is 1810. The summed E-state index contributed by atoms with van der Waals surface area (Å²) in [6.45, 7) is 6.03. The molecule has 2 aromatic carbocycles. The van der Waals surface area contributed by atoms with Crippen molar-refractivity contribution in [2.24, 2.45) is 0 Å². The second kappa shape index (κ2) is 9.61. The minimum atomic E-state index is 0.689. The van der Waals surface area contributed by atoms with Crippen LogP contribution in [0, 0.1) is 0 Å². The molecule has 4 N–H and O–H groups in total. The second-order valence-electron chi connectivity index (χ2n) is 9.40. The third-order valence-electron chi connectivity index (χ3n) is 6.85. The highest BCUT2D eigenvalue weighted by molar-refractivity contribution is 7.18. The van der Waals surface area contributed by atoms with E-state index < -0.39 is 0 Å². The molecular weight excluding hydrogens is 523 g/mol. The number of pyridine rings is 1. The number of rotatable bonds is 7. The van der Waals surface area contributed by atoms with Crippen LogP contribution in [0.15, 0.2) is 97.1 Å². The van der Waals surface area contributed by atoms with Crippen molar-refractivity contribution in [1.29, 1.82) is 0 Å². The average molecular weight is 548 g/mol. The fraction of sp³-hybridized carbons (Fsp3) is 0.0667. The van der Waals surface area contributed by atoms with Crippen LogP contribution in [-0.2, 0) is 13.1 Å². The SMILES string of the molecule is C=C(Nc1ccccc1N)c1ccc(Nc2nc(-c3cnc4cc(N5Cc6ccccc6C5)ccn34)cs2)s1. The van der Waals surface area contributed by atoms with Crippen LogP contribution < -0.4 is 21.3 Å². The molecule has 0 spiro atoms. The number of hydrogen-bond donors (Lipinski definition) is 3. The van der Waals surface area contributed by atoms with Crippen LogP contribution in [0.25, 0.3) is 22.7 Å². The first-order chi connectivity index (χ1) is 19.1. The Morgan fingerprint density at radius 3 is 2.59 bits per heavy atom. The summed E-state index contributed by atoms with van der Waals surface area (Å²) in [4.78, 5) is 12.9. The maximum Gasteiger partial charge on any atom is 0.188 e. The van der Waals surface area contributed by atoms with Crippen molar-refractivity contribution in [1.82, 2.24) is 14.4 Å². The third-order valence-corrected chi connectivity index (χ3v) is 8.67. The van der Waals surface area contributed by atoms with Crippen molar-refractivity contribution in [2.45, 2.75) is 13.1 Å². The van der Waals surface area contributed by atoms with Gasteiger partial charge in [-0.1, -0.05) is 43.0 Å². The zero-order valence-electron chi connectivity index (χ0n) is 21.0. The van der Waals surface area contributed by atoms with Gasteiger partial charge in [-0.05, 0) is 41.5 Å². The first-order valence-corrected chi connectivity index (χ1v) is 14.2. The molecule has 0 fully saturated rings. The van der Waals surface area contributed by atoms with Crippen molar-refractivity contribution in [3.63, 3.8) is 0 Å². The molecule has 1 aliphatic rings. The van der Waals surface area contributed by atoms with Gasteiger partial charge in [-0.3, -0.25) is 4.40 Å². The van der Waals surface area contributed by atoms with Crippen molar-refractivity contribution in [3.05, 3.63) is 113 Å². The van der Waals surface area contributed by atoms with Gasteiger partial charge in [-0.2, -0.15) is 0 Å². The van der Waals surface area contributed by atoms with E-state index in [1.165, 1.54) is 16.8 Å². The van der Waals surface area contributed by atoms with Crippen LogP contribution in [-0.4, -0.2) is 14.4 Å². The van der Waals surface area contributed by atoms with Crippen molar-refractivity contribution in [2.75, 3.05) is 21.3 Å². The molecule has 0 radical (unpaired) electrons. The Hall–Kier alpha value is -4.60. The number of nitrogen functional groups attached to an aromatic ring is 1. The van der Waals surface area contributed by atoms with E-state index in [2.05, 4.69) is 79.5 Å². The molecule has 5 heterocycles. The zero-order valence-corrected chi connectivity index (χ0v) is 22.6. The van der Waals surface area contributed by atoms with E-state index in [1.54, 1.807) is 22.7 Å². The van der Waals surface area contributed by atoms with E-state index in [-0.39, 0.29) is 0 Å². The lowest BCUT2D eigenvalue weighted by Gasteiger charge is -2.17. The van der Waals surface area contributed by atoms with E-state index in [9.17, 15) is 0 Å². The predicted octanol–water partition coefficient (Wildman–Crippen LogP) is 7.45. The van der Waals surface area contributed by atoms with Gasteiger partial charge < -0.3 is 21.3 Å². The first-order valence-electron chi connectivity index (χ1n) is 12.5. The Morgan fingerprint density at radius 1 is 0.974 bits per heavy atom. The number of benzene rings is 2. The van der Waals surface area contributed by atoms with Gasteiger partial charge in [0.25, 0.3) is 0 Å². The van der Waals surface area contributed by atoms with E-state index in [0.717, 1.165) is 56.5 Å². The number of nitrogens with one attached hydrogen (secondary N) is 2. The molecule has 9 heteroatoms. The number of aromatic nitrogens is 3. The molecule has 0 unspecified atom stereocenters. The van der Waals surface area contributed by atoms with Crippen LogP contribution in [0.1, 0.15) is 16.0 Å². The highest BCUT2D eigenvalue weighted by Gasteiger charge is 2.20. The number of nitrogens with two attached hydrogens (primary N) is 1. The second-order valence-corrected chi connectivity index (χ2v) is 11.3. The summed E-state index contributed by atoms with van der Waals surface area (Å²) in [5.74, 6) is 0. The van der Waals surface area contributed by atoms with Gasteiger partial charge in [0.1, 0.15) is 11.3 Å². The summed E-state index contributed by atoms with van der Waals surface area (Å²) < 4.78 is 2.10. The molecule has 39 heavy (non-hydrogen) atoms. The highest BCUT2D eigenvalue weighted by atomic mass is 32.1. The molecular formula is C30H25N7S2. The fourth-order valence-corrected chi connectivity index (χ4v) is 6.44. The lowest BCUT2D eigenvalue weighted by atomic mass is 10.1. The monoisotopic (exact) mass is 547 g/mol. The minimum Gasteiger partial charge on any atom is -0.397 e. The Morgan fingerprint density at radius 2 is 1.77 bits per heavy atom. The summed E-state index contributed by atoms with van der Waals surface area (Å²) in [6.07, 6.45) is 3.98. The molecule has 1 aliphatic heterocycles. The quantitative estimate of drug-likeness (QED) is 0.180. The summed E-state index contributed by atoms with van der Waals surface area (Å²) >= 11 is 3.18. The van der Waals surface area contributed by atoms with Gasteiger partial charge in [-0.25, -0.2) is 9.97 Å². The zero-order chi connectivity index (χ0) is 26.3. The molecule has 0 saturated heterocycles. The van der Waals surface area contributed by atoms with Crippen LogP contribution in [0.3, 0.4) is 0 Å². The summed E-state index contributed by atoms with van der Waals surface area (Å²) in [7, 11) is 0. The molecule has 7 nitrogen and oxygen atoms in total. The van der Waals surface area contributed by atoms with E-state index in [0.29, 0.717) is 5.69 Å². The normalized spacial score (nSPS) is 12.6. The molecule has 4 aromatic heterocycles. The van der Waals surface area contributed by atoms with Gasteiger partial charge >= 0.3 is 0 Å². The number of thiazole rings is 1. The number of anilines is 5. The average Bonchev–Trinajstić information content (AvgIpc) is 3.75. The van der Waals surface area contributed by atoms with E-state index in [1.807, 2.05) is 42.6 Å². The van der Waals surface area contributed by atoms with Crippen molar-refractivity contribution < 1.29 is 0 Å². The number of hydrogen-bond acceptors (Lipinski definition) is 8. The molecule has 0 saturated carbocycles. The predicted molar refractivity (Wildman–Crippen MR) is 164 cm³/mol. The van der Waals surface area contributed by atoms with Crippen LogP contribution in [0.2, 0.25) is 0 Å². The van der Waals surface area contributed by atoms with Gasteiger partial charge in [0.2, 0.25) is 0 Å².